The molecule has 10 heteroatoms. The molecule has 8 nitrogen and oxygen atoms in total. The number of esters is 1. The number of aromatic amines is 2. The quantitative estimate of drug-likeness (QED) is 0.441. The number of carbonyl (C=O) groups excluding carboxylic acids is 1. The first-order valence-corrected chi connectivity index (χ1v) is 9.08. The molecule has 27 heavy (non-hydrogen) atoms. The van der Waals surface area contributed by atoms with Crippen LogP contribution in [-0.4, -0.2) is 34.1 Å². The summed E-state index contributed by atoms with van der Waals surface area (Å²) in [6.45, 7) is 0. The molecule has 0 saturated carbocycles. The molecule has 0 fully saturated rings. The monoisotopic (exact) mass is 404 g/mol. The lowest BCUT2D eigenvalue weighted by atomic mass is 10.2. The Bertz CT molecular complexity index is 1260. The molecule has 0 radical (unpaired) electrons. The first-order chi connectivity index (χ1) is 12.9. The fraction of sp³-hybridized carbons (Fsp3) is 0.0588. The SMILES string of the molecule is COC(=O)c1ccc2sc(=O)[nH]c2c1.O=C(O)c1ccc2sc(=O)[nH]c2c1. The van der Waals surface area contributed by atoms with Crippen LogP contribution in [0.3, 0.4) is 0 Å². The molecule has 0 atom stereocenters. The molecule has 3 N–H and O–H groups in total. The zero-order valence-corrected chi connectivity index (χ0v) is 15.4. The molecule has 0 spiro atoms. The molecule has 4 aromatic rings. The average Bonchev–Trinajstić information content (AvgIpc) is 3.20. The topological polar surface area (TPSA) is 129 Å². The highest BCUT2D eigenvalue weighted by Gasteiger charge is 2.07. The van der Waals surface area contributed by atoms with E-state index < -0.39 is 11.9 Å². The minimum atomic E-state index is -0.992. The molecule has 0 aliphatic rings. The van der Waals surface area contributed by atoms with Crippen molar-refractivity contribution in [3.63, 3.8) is 0 Å². The number of benzene rings is 2. The number of hydrogen-bond donors (Lipinski definition) is 3. The van der Waals surface area contributed by atoms with Gasteiger partial charge in [0.1, 0.15) is 0 Å². The van der Waals surface area contributed by atoms with Gasteiger partial charge >= 0.3 is 21.7 Å². The van der Waals surface area contributed by atoms with Crippen molar-refractivity contribution in [2.24, 2.45) is 0 Å². The zero-order valence-electron chi connectivity index (χ0n) is 13.8. The number of fused-ring (bicyclic) bond motifs is 2. The summed E-state index contributed by atoms with van der Waals surface area (Å²) in [6, 6.07) is 9.53. The first kappa shape index (κ1) is 18.5. The van der Waals surface area contributed by atoms with Crippen LogP contribution in [0.15, 0.2) is 46.0 Å². The summed E-state index contributed by atoms with van der Waals surface area (Å²) in [7, 11) is 1.32. The third kappa shape index (κ3) is 4.13. The van der Waals surface area contributed by atoms with Crippen LogP contribution in [0.25, 0.3) is 20.4 Å². The lowest BCUT2D eigenvalue weighted by Gasteiger charge is -1.97. The van der Waals surface area contributed by atoms with Gasteiger partial charge in [0.25, 0.3) is 0 Å². The molecule has 2 heterocycles. The minimum Gasteiger partial charge on any atom is -0.478 e. The van der Waals surface area contributed by atoms with Gasteiger partial charge in [0.15, 0.2) is 0 Å². The van der Waals surface area contributed by atoms with E-state index in [-0.39, 0.29) is 15.3 Å². The van der Waals surface area contributed by atoms with Gasteiger partial charge in [-0.1, -0.05) is 22.7 Å². The number of aromatic carboxylic acids is 1. The van der Waals surface area contributed by atoms with Gasteiger partial charge in [-0.3, -0.25) is 9.59 Å². The second kappa shape index (κ2) is 7.56. The Balaban J connectivity index is 0.000000156. The Morgan fingerprint density at radius 3 is 1.85 bits per heavy atom. The number of ether oxygens (including phenoxy) is 1. The van der Waals surface area contributed by atoms with Crippen molar-refractivity contribution in [2.75, 3.05) is 7.11 Å². The van der Waals surface area contributed by atoms with Crippen LogP contribution in [0.1, 0.15) is 20.7 Å². The van der Waals surface area contributed by atoms with Crippen LogP contribution in [-0.2, 0) is 4.74 Å². The van der Waals surface area contributed by atoms with E-state index >= 15 is 0 Å². The lowest BCUT2D eigenvalue weighted by molar-refractivity contribution is 0.0600. The summed E-state index contributed by atoms with van der Waals surface area (Å²) < 4.78 is 6.17. The molecule has 0 aliphatic carbocycles. The number of H-pyrrole nitrogens is 2. The largest absolute Gasteiger partial charge is 0.478 e. The third-order valence-electron chi connectivity index (χ3n) is 3.51. The number of carbonyl (C=O) groups is 2. The van der Waals surface area contributed by atoms with E-state index in [0.717, 1.165) is 32.1 Å². The second-order valence-corrected chi connectivity index (χ2v) is 7.28. The van der Waals surface area contributed by atoms with E-state index in [1.165, 1.54) is 19.2 Å². The van der Waals surface area contributed by atoms with Crippen molar-refractivity contribution in [1.82, 2.24) is 9.97 Å². The van der Waals surface area contributed by atoms with Gasteiger partial charge in [0.2, 0.25) is 0 Å². The maximum Gasteiger partial charge on any atom is 0.337 e. The van der Waals surface area contributed by atoms with Gasteiger partial charge < -0.3 is 19.8 Å². The van der Waals surface area contributed by atoms with Crippen molar-refractivity contribution in [2.45, 2.75) is 0 Å². The molecular weight excluding hydrogens is 392 g/mol. The number of nitrogens with one attached hydrogen (secondary N) is 2. The number of thiazole rings is 2. The minimum absolute atomic E-state index is 0.123. The van der Waals surface area contributed by atoms with Crippen molar-refractivity contribution >= 4 is 55.0 Å². The van der Waals surface area contributed by atoms with Gasteiger partial charge in [-0.25, -0.2) is 9.59 Å². The van der Waals surface area contributed by atoms with E-state index in [9.17, 15) is 19.2 Å². The number of aromatic nitrogens is 2. The molecule has 0 aliphatic heterocycles. The van der Waals surface area contributed by atoms with Gasteiger partial charge in [-0.2, -0.15) is 0 Å². The van der Waals surface area contributed by atoms with Crippen molar-refractivity contribution < 1.29 is 19.4 Å². The molecule has 0 amide bonds. The highest BCUT2D eigenvalue weighted by Crippen LogP contribution is 2.17. The Morgan fingerprint density at radius 1 is 0.889 bits per heavy atom. The fourth-order valence-corrected chi connectivity index (χ4v) is 3.72. The number of methoxy groups -OCH3 is 1. The molecule has 2 aromatic heterocycles. The van der Waals surface area contributed by atoms with Gasteiger partial charge in [-0.05, 0) is 36.4 Å². The number of carboxylic acid groups (broad SMARTS) is 1. The van der Waals surface area contributed by atoms with Crippen LogP contribution in [0.4, 0.5) is 0 Å². The zero-order chi connectivity index (χ0) is 19.6. The van der Waals surface area contributed by atoms with Crippen LogP contribution >= 0.6 is 22.7 Å². The molecule has 138 valence electrons. The smallest absolute Gasteiger partial charge is 0.337 e. The van der Waals surface area contributed by atoms with Crippen LogP contribution < -0.4 is 9.75 Å². The summed E-state index contributed by atoms with van der Waals surface area (Å²) in [4.78, 5) is 48.5. The summed E-state index contributed by atoms with van der Waals surface area (Å²) in [5.41, 5.74) is 1.87. The number of carboxylic acids is 1. The molecule has 4 rings (SSSR count). The maximum atomic E-state index is 11.2. The summed E-state index contributed by atoms with van der Waals surface area (Å²) in [5.74, 6) is -1.40. The number of hydrogen-bond acceptors (Lipinski definition) is 7. The van der Waals surface area contributed by atoms with Gasteiger partial charge in [0, 0.05) is 0 Å². The van der Waals surface area contributed by atoms with Crippen molar-refractivity contribution in [3.8, 4) is 0 Å². The van der Waals surface area contributed by atoms with E-state index in [1.807, 2.05) is 0 Å². The van der Waals surface area contributed by atoms with Crippen molar-refractivity contribution in [1.29, 1.82) is 0 Å². The summed E-state index contributed by atoms with van der Waals surface area (Å²) >= 11 is 2.19. The predicted octanol–water partition coefficient (Wildman–Crippen LogP) is 2.66. The Hall–Kier alpha value is -3.24. The summed E-state index contributed by atoms with van der Waals surface area (Å²) in [6.07, 6.45) is 0. The van der Waals surface area contributed by atoms with Crippen molar-refractivity contribution in [3.05, 3.63) is 66.9 Å². The molecule has 0 bridgehead atoms. The fourth-order valence-electron chi connectivity index (χ4n) is 2.28. The predicted molar refractivity (Wildman–Crippen MR) is 103 cm³/mol. The van der Waals surface area contributed by atoms with Crippen LogP contribution in [0.5, 0.6) is 0 Å². The van der Waals surface area contributed by atoms with Gasteiger partial charge in [-0.15, -0.1) is 0 Å². The summed E-state index contributed by atoms with van der Waals surface area (Å²) in [5, 5.41) is 8.66. The Labute approximate surface area is 158 Å². The van der Waals surface area contributed by atoms with Crippen LogP contribution in [0, 0.1) is 0 Å². The Morgan fingerprint density at radius 2 is 1.37 bits per heavy atom. The highest BCUT2D eigenvalue weighted by atomic mass is 32.1. The number of rotatable bonds is 2. The standard InChI is InChI=1S/C9H7NO3S.C8H5NO3S/c1-13-8(11)5-2-3-7-6(4-5)10-9(12)14-7;10-7(11)4-1-2-6-5(3-4)9-8(12)13-6/h2-4H,1H3,(H,10,12);1-3H,(H,9,12)(H,10,11). The normalized spacial score (nSPS) is 10.4. The van der Waals surface area contributed by atoms with Gasteiger partial charge in [0.05, 0.1) is 38.7 Å². The molecule has 0 saturated heterocycles. The molecule has 2 aromatic carbocycles. The van der Waals surface area contributed by atoms with Crippen LogP contribution in [0.2, 0.25) is 0 Å². The van der Waals surface area contributed by atoms with E-state index in [2.05, 4.69) is 14.7 Å². The first-order valence-electron chi connectivity index (χ1n) is 7.45. The molecule has 0 unspecified atom stereocenters. The maximum absolute atomic E-state index is 11.2. The van der Waals surface area contributed by atoms with E-state index in [1.54, 1.807) is 24.3 Å². The molecular formula is C17H12N2O6S2. The van der Waals surface area contributed by atoms with E-state index in [4.69, 9.17) is 5.11 Å². The second-order valence-electron chi connectivity index (χ2n) is 5.25. The highest BCUT2D eigenvalue weighted by molar-refractivity contribution is 7.16. The Kier molecular flexibility index (Phi) is 5.19. The lowest BCUT2D eigenvalue weighted by Crippen LogP contribution is -2.00. The van der Waals surface area contributed by atoms with E-state index in [0.29, 0.717) is 16.6 Å². The average molecular weight is 404 g/mol. The third-order valence-corrected chi connectivity index (χ3v) is 5.23.